The predicted molar refractivity (Wildman–Crippen MR) is 86.6 cm³/mol. The van der Waals surface area contributed by atoms with Gasteiger partial charge < -0.3 is 10.4 Å². The molecule has 1 aromatic rings. The van der Waals surface area contributed by atoms with Gasteiger partial charge in [0.05, 0.1) is 5.60 Å². The highest BCUT2D eigenvalue weighted by atomic mass is 16.3. The summed E-state index contributed by atoms with van der Waals surface area (Å²) in [6, 6.07) is 0. The summed E-state index contributed by atoms with van der Waals surface area (Å²) in [6.45, 7) is 4.68. The van der Waals surface area contributed by atoms with Crippen LogP contribution in [-0.2, 0) is 6.42 Å². The van der Waals surface area contributed by atoms with Gasteiger partial charge in [-0.2, -0.15) is 0 Å². The Morgan fingerprint density at radius 1 is 1.18 bits per heavy atom. The smallest absolute Gasteiger partial charge is 0.132 e. The second-order valence-electron chi connectivity index (χ2n) is 7.79. The second-order valence-corrected chi connectivity index (χ2v) is 7.79. The number of hydrogen-bond donors (Lipinski definition) is 2. The summed E-state index contributed by atoms with van der Waals surface area (Å²) < 4.78 is 0. The largest absolute Gasteiger partial charge is 0.387 e. The van der Waals surface area contributed by atoms with E-state index in [0.717, 1.165) is 35.5 Å². The van der Waals surface area contributed by atoms with E-state index in [1.165, 1.54) is 32.1 Å². The molecule has 22 heavy (non-hydrogen) atoms. The van der Waals surface area contributed by atoms with Crippen molar-refractivity contribution >= 4 is 5.82 Å². The molecule has 4 nitrogen and oxygen atoms in total. The lowest BCUT2D eigenvalue weighted by Gasteiger charge is -2.59. The van der Waals surface area contributed by atoms with Crippen LogP contribution in [0.15, 0.2) is 6.20 Å². The Morgan fingerprint density at radius 2 is 1.82 bits per heavy atom. The van der Waals surface area contributed by atoms with Gasteiger partial charge in [-0.05, 0) is 69.1 Å². The minimum Gasteiger partial charge on any atom is -0.387 e. The molecule has 5 rings (SSSR count). The molecule has 1 heterocycles. The van der Waals surface area contributed by atoms with Gasteiger partial charge in [-0.25, -0.2) is 9.97 Å². The standard InChI is InChI=1S/C18H27N3O/c1-3-14-9-19-11(2)21-17(14)20-10-18(22)15-5-12-4-13(7-15)8-16(18)6-12/h9,12-13,15-16,22H,3-8,10H2,1-2H3,(H,19,20,21). The number of rotatable bonds is 4. The SMILES string of the molecule is CCc1cnc(C)nc1NCC1(O)C2CC3CC(C2)CC1C3. The van der Waals surface area contributed by atoms with Crippen LogP contribution in [0.5, 0.6) is 0 Å². The summed E-state index contributed by atoms with van der Waals surface area (Å²) in [6.07, 6.45) is 9.16. The molecule has 4 saturated carbocycles. The first-order valence-corrected chi connectivity index (χ1v) is 8.87. The van der Waals surface area contributed by atoms with Crippen molar-refractivity contribution in [3.63, 3.8) is 0 Å². The van der Waals surface area contributed by atoms with E-state index in [2.05, 4.69) is 22.2 Å². The Morgan fingerprint density at radius 3 is 2.41 bits per heavy atom. The molecule has 4 fully saturated rings. The van der Waals surface area contributed by atoms with Crippen molar-refractivity contribution in [2.24, 2.45) is 23.7 Å². The lowest BCUT2D eigenvalue weighted by molar-refractivity contribution is -0.164. The first kappa shape index (κ1) is 14.4. The van der Waals surface area contributed by atoms with Crippen molar-refractivity contribution in [2.45, 2.75) is 58.0 Å². The monoisotopic (exact) mass is 301 g/mol. The van der Waals surface area contributed by atoms with Crippen LogP contribution < -0.4 is 5.32 Å². The average Bonchev–Trinajstić information content (AvgIpc) is 2.50. The number of aromatic nitrogens is 2. The Kier molecular flexibility index (Phi) is 3.40. The molecule has 0 aromatic carbocycles. The lowest BCUT2D eigenvalue weighted by Crippen LogP contribution is -2.60. The van der Waals surface area contributed by atoms with E-state index in [0.29, 0.717) is 18.4 Å². The highest BCUT2D eigenvalue weighted by molar-refractivity contribution is 5.43. The van der Waals surface area contributed by atoms with Crippen LogP contribution in [0.3, 0.4) is 0 Å². The van der Waals surface area contributed by atoms with Crippen LogP contribution in [0.25, 0.3) is 0 Å². The molecule has 4 bridgehead atoms. The molecule has 0 unspecified atom stereocenters. The minimum atomic E-state index is -0.530. The molecule has 4 aliphatic rings. The summed E-state index contributed by atoms with van der Waals surface area (Å²) in [5.74, 6) is 4.45. The van der Waals surface area contributed by atoms with Crippen LogP contribution in [0.1, 0.15) is 50.4 Å². The molecule has 0 amide bonds. The molecule has 0 atom stereocenters. The van der Waals surface area contributed by atoms with Gasteiger partial charge in [0, 0.05) is 18.3 Å². The Hall–Kier alpha value is -1.16. The van der Waals surface area contributed by atoms with Gasteiger partial charge in [-0.1, -0.05) is 6.92 Å². The van der Waals surface area contributed by atoms with Crippen LogP contribution in [0.4, 0.5) is 5.82 Å². The Bertz CT molecular complexity index is 543. The number of aliphatic hydroxyl groups is 1. The third-order valence-corrected chi connectivity index (χ3v) is 6.46. The zero-order chi connectivity index (χ0) is 15.3. The molecular formula is C18H27N3O. The maximum Gasteiger partial charge on any atom is 0.132 e. The number of aryl methyl sites for hydroxylation is 2. The van der Waals surface area contributed by atoms with Gasteiger partial charge >= 0.3 is 0 Å². The minimum absolute atomic E-state index is 0.490. The molecule has 4 heteroatoms. The fourth-order valence-electron chi connectivity index (χ4n) is 5.42. The zero-order valence-electron chi connectivity index (χ0n) is 13.7. The molecule has 0 saturated heterocycles. The second kappa shape index (κ2) is 5.19. The molecule has 4 aliphatic carbocycles. The highest BCUT2D eigenvalue weighted by Crippen LogP contribution is 2.58. The number of anilines is 1. The van der Waals surface area contributed by atoms with Gasteiger partial charge in [0.15, 0.2) is 0 Å². The van der Waals surface area contributed by atoms with E-state index in [4.69, 9.17) is 0 Å². The quantitative estimate of drug-likeness (QED) is 0.897. The summed E-state index contributed by atoms with van der Waals surface area (Å²) in [7, 11) is 0. The maximum atomic E-state index is 11.4. The van der Waals surface area contributed by atoms with Crippen LogP contribution >= 0.6 is 0 Å². The molecule has 120 valence electrons. The third kappa shape index (κ3) is 2.23. The van der Waals surface area contributed by atoms with Crippen LogP contribution in [0.2, 0.25) is 0 Å². The predicted octanol–water partition coefficient (Wildman–Crippen LogP) is 2.95. The fourth-order valence-corrected chi connectivity index (χ4v) is 5.42. The van der Waals surface area contributed by atoms with E-state index in [1.54, 1.807) is 0 Å². The first-order chi connectivity index (χ1) is 10.6. The molecule has 0 radical (unpaired) electrons. The summed E-state index contributed by atoms with van der Waals surface area (Å²) in [4.78, 5) is 8.83. The van der Waals surface area contributed by atoms with Crippen LogP contribution in [0, 0.1) is 30.6 Å². The average molecular weight is 301 g/mol. The zero-order valence-corrected chi connectivity index (χ0v) is 13.7. The van der Waals surface area contributed by atoms with Crippen molar-refractivity contribution in [2.75, 3.05) is 11.9 Å². The highest BCUT2D eigenvalue weighted by Gasteiger charge is 2.56. The van der Waals surface area contributed by atoms with Gasteiger partial charge in [0.2, 0.25) is 0 Å². The number of nitrogens with one attached hydrogen (secondary N) is 1. The maximum absolute atomic E-state index is 11.4. The van der Waals surface area contributed by atoms with E-state index >= 15 is 0 Å². The molecular weight excluding hydrogens is 274 g/mol. The number of nitrogens with zero attached hydrogens (tertiary/aromatic N) is 2. The molecule has 0 spiro atoms. The van der Waals surface area contributed by atoms with Crippen molar-refractivity contribution in [3.8, 4) is 0 Å². The van der Waals surface area contributed by atoms with E-state index < -0.39 is 5.60 Å². The Labute approximate surface area is 132 Å². The van der Waals surface area contributed by atoms with Gasteiger partial charge in [0.1, 0.15) is 11.6 Å². The first-order valence-electron chi connectivity index (χ1n) is 8.87. The topological polar surface area (TPSA) is 58.0 Å². The summed E-state index contributed by atoms with van der Waals surface area (Å²) in [5, 5.41) is 14.8. The lowest BCUT2D eigenvalue weighted by atomic mass is 9.50. The van der Waals surface area contributed by atoms with Gasteiger partial charge in [-0.3, -0.25) is 0 Å². The van der Waals surface area contributed by atoms with E-state index in [9.17, 15) is 5.11 Å². The van der Waals surface area contributed by atoms with Crippen molar-refractivity contribution < 1.29 is 5.11 Å². The van der Waals surface area contributed by atoms with E-state index in [1.807, 2.05) is 13.1 Å². The van der Waals surface area contributed by atoms with Crippen molar-refractivity contribution in [3.05, 3.63) is 17.6 Å². The van der Waals surface area contributed by atoms with Gasteiger partial charge in [0.25, 0.3) is 0 Å². The fraction of sp³-hybridized carbons (Fsp3) is 0.778. The van der Waals surface area contributed by atoms with Crippen molar-refractivity contribution in [1.82, 2.24) is 9.97 Å². The van der Waals surface area contributed by atoms with E-state index in [-0.39, 0.29) is 0 Å². The Balaban J connectivity index is 1.53. The normalized spacial score (nSPS) is 39.2. The molecule has 2 N–H and O–H groups in total. The molecule has 1 aromatic heterocycles. The van der Waals surface area contributed by atoms with Gasteiger partial charge in [-0.15, -0.1) is 0 Å². The van der Waals surface area contributed by atoms with Crippen LogP contribution in [-0.4, -0.2) is 27.2 Å². The van der Waals surface area contributed by atoms with Crippen molar-refractivity contribution in [1.29, 1.82) is 0 Å². The summed E-state index contributed by atoms with van der Waals surface area (Å²) in [5.41, 5.74) is 0.607. The summed E-state index contributed by atoms with van der Waals surface area (Å²) >= 11 is 0. The molecule has 0 aliphatic heterocycles. The third-order valence-electron chi connectivity index (χ3n) is 6.46. The number of hydrogen-bond acceptors (Lipinski definition) is 4.